The Morgan fingerprint density at radius 3 is 2.68 bits per heavy atom. The van der Waals surface area contributed by atoms with E-state index in [0.29, 0.717) is 28.3 Å². The van der Waals surface area contributed by atoms with Gasteiger partial charge in [0, 0.05) is 17.1 Å². The first-order chi connectivity index (χ1) is 10.4. The second kappa shape index (κ2) is 5.57. The minimum absolute atomic E-state index is 0.243. The van der Waals surface area contributed by atoms with Gasteiger partial charge < -0.3 is 5.11 Å². The van der Waals surface area contributed by atoms with Gasteiger partial charge >= 0.3 is 0 Å². The van der Waals surface area contributed by atoms with Crippen LogP contribution in [0.1, 0.15) is 23.7 Å². The van der Waals surface area contributed by atoms with Gasteiger partial charge in [-0.2, -0.15) is 0 Å². The van der Waals surface area contributed by atoms with Crippen molar-refractivity contribution in [1.82, 2.24) is 0 Å². The van der Waals surface area contributed by atoms with Crippen LogP contribution in [0.15, 0.2) is 47.4 Å². The van der Waals surface area contributed by atoms with Gasteiger partial charge in [0.05, 0.1) is 16.7 Å². The molecule has 1 aliphatic rings. The second-order valence-electron chi connectivity index (χ2n) is 5.35. The van der Waals surface area contributed by atoms with E-state index in [-0.39, 0.29) is 11.4 Å². The molecule has 0 saturated carbocycles. The maximum absolute atomic E-state index is 13.0. The number of benzene rings is 2. The first kappa shape index (κ1) is 15.3. The molecule has 0 fully saturated rings. The molecule has 22 heavy (non-hydrogen) atoms. The molecule has 0 saturated heterocycles. The highest BCUT2D eigenvalue weighted by Gasteiger charge is 2.33. The first-order valence-electron chi connectivity index (χ1n) is 6.97. The van der Waals surface area contributed by atoms with Crippen molar-refractivity contribution < 1.29 is 13.5 Å². The van der Waals surface area contributed by atoms with Gasteiger partial charge in [0.2, 0.25) is 0 Å². The third kappa shape index (κ3) is 2.49. The Hall–Kier alpha value is -1.56. The summed E-state index contributed by atoms with van der Waals surface area (Å²) in [5, 5.41) is 10.6. The van der Waals surface area contributed by atoms with Gasteiger partial charge in [0.15, 0.2) is 0 Å². The van der Waals surface area contributed by atoms with E-state index in [1.54, 1.807) is 43.3 Å². The summed E-state index contributed by atoms with van der Waals surface area (Å²) in [5.74, 6) is 0. The topological polar surface area (TPSA) is 57.6 Å². The van der Waals surface area contributed by atoms with Crippen LogP contribution in [0.5, 0.6) is 0 Å². The molecule has 0 aliphatic carbocycles. The van der Waals surface area contributed by atoms with E-state index < -0.39 is 16.1 Å². The second-order valence-corrected chi connectivity index (χ2v) is 7.62. The van der Waals surface area contributed by atoms with E-state index in [1.165, 1.54) is 4.31 Å². The lowest BCUT2D eigenvalue weighted by atomic mass is 10.0. The zero-order valence-electron chi connectivity index (χ0n) is 12.0. The van der Waals surface area contributed by atoms with Crippen LogP contribution in [0.2, 0.25) is 5.02 Å². The third-order valence-corrected chi connectivity index (χ3v) is 6.09. The van der Waals surface area contributed by atoms with Crippen molar-refractivity contribution in [2.45, 2.75) is 24.3 Å². The van der Waals surface area contributed by atoms with Crippen LogP contribution in [-0.4, -0.2) is 20.1 Å². The molecule has 1 aliphatic heterocycles. The van der Waals surface area contributed by atoms with Gasteiger partial charge in [-0.05, 0) is 43.2 Å². The Bertz CT molecular complexity index is 820. The van der Waals surface area contributed by atoms with Crippen molar-refractivity contribution in [1.29, 1.82) is 0 Å². The number of anilines is 1. The monoisotopic (exact) mass is 337 g/mol. The fourth-order valence-electron chi connectivity index (χ4n) is 2.75. The van der Waals surface area contributed by atoms with Gasteiger partial charge in [-0.3, -0.25) is 4.31 Å². The molecular formula is C16H16ClNO3S. The predicted octanol–water partition coefficient (Wildman–Crippen LogP) is 3.28. The predicted molar refractivity (Wildman–Crippen MR) is 86.7 cm³/mol. The first-order valence-corrected chi connectivity index (χ1v) is 8.79. The third-order valence-electron chi connectivity index (χ3n) is 3.88. The highest BCUT2D eigenvalue weighted by atomic mass is 35.5. The minimum Gasteiger partial charge on any atom is -0.388 e. The molecule has 0 spiro atoms. The number of hydrogen-bond acceptors (Lipinski definition) is 3. The lowest BCUT2D eigenvalue weighted by Crippen LogP contribution is -2.37. The van der Waals surface area contributed by atoms with E-state index in [1.807, 2.05) is 6.07 Å². The molecule has 4 nitrogen and oxygen atoms in total. The van der Waals surface area contributed by atoms with E-state index in [4.69, 9.17) is 11.6 Å². The molecule has 0 bridgehead atoms. The SMILES string of the molecule is Cc1ccccc1S(=O)(=O)N1CCC(O)c2cc(Cl)ccc21. The maximum Gasteiger partial charge on any atom is 0.264 e. The number of aryl methyl sites for hydroxylation is 1. The van der Waals surface area contributed by atoms with Crippen LogP contribution in [0.4, 0.5) is 5.69 Å². The molecule has 1 atom stereocenters. The van der Waals surface area contributed by atoms with Gasteiger partial charge in [-0.25, -0.2) is 8.42 Å². The molecule has 0 aromatic heterocycles. The van der Waals surface area contributed by atoms with Crippen LogP contribution in [0.25, 0.3) is 0 Å². The largest absolute Gasteiger partial charge is 0.388 e. The molecule has 1 heterocycles. The van der Waals surface area contributed by atoms with Gasteiger partial charge in [-0.15, -0.1) is 0 Å². The van der Waals surface area contributed by atoms with E-state index in [9.17, 15) is 13.5 Å². The van der Waals surface area contributed by atoms with E-state index >= 15 is 0 Å². The van der Waals surface area contributed by atoms with Crippen molar-refractivity contribution in [3.05, 3.63) is 58.6 Å². The molecular weight excluding hydrogens is 322 g/mol. The zero-order valence-corrected chi connectivity index (χ0v) is 13.6. The summed E-state index contributed by atoms with van der Waals surface area (Å²) in [4.78, 5) is 0.285. The van der Waals surface area contributed by atoms with Gasteiger partial charge in [0.25, 0.3) is 10.0 Å². The van der Waals surface area contributed by atoms with Crippen LogP contribution in [0.3, 0.4) is 0 Å². The fourth-order valence-corrected chi connectivity index (χ4v) is 4.66. The normalized spacial score (nSPS) is 18.1. The average molecular weight is 338 g/mol. The number of aliphatic hydroxyl groups is 1. The summed E-state index contributed by atoms with van der Waals surface area (Å²) in [7, 11) is -3.66. The smallest absolute Gasteiger partial charge is 0.264 e. The van der Waals surface area contributed by atoms with Crippen molar-refractivity contribution in [2.75, 3.05) is 10.8 Å². The molecule has 6 heteroatoms. The zero-order chi connectivity index (χ0) is 15.9. The Labute approximate surface area is 135 Å². The van der Waals surface area contributed by atoms with Crippen molar-refractivity contribution in [2.24, 2.45) is 0 Å². The lowest BCUT2D eigenvalue weighted by Gasteiger charge is -2.33. The van der Waals surface area contributed by atoms with E-state index in [0.717, 1.165) is 0 Å². The van der Waals surface area contributed by atoms with Crippen molar-refractivity contribution >= 4 is 27.3 Å². The van der Waals surface area contributed by atoms with Gasteiger partial charge in [0.1, 0.15) is 0 Å². The molecule has 1 unspecified atom stereocenters. The number of hydrogen-bond donors (Lipinski definition) is 1. The Morgan fingerprint density at radius 1 is 1.23 bits per heavy atom. The number of aliphatic hydroxyl groups excluding tert-OH is 1. The number of halogens is 1. The summed E-state index contributed by atoms with van der Waals surface area (Å²) >= 11 is 5.97. The minimum atomic E-state index is -3.66. The van der Waals surface area contributed by atoms with Crippen LogP contribution >= 0.6 is 11.6 Å². The van der Waals surface area contributed by atoms with Gasteiger partial charge in [-0.1, -0.05) is 29.8 Å². The van der Waals surface area contributed by atoms with Crippen LogP contribution in [-0.2, 0) is 10.0 Å². The van der Waals surface area contributed by atoms with Crippen molar-refractivity contribution in [3.8, 4) is 0 Å². The lowest BCUT2D eigenvalue weighted by molar-refractivity contribution is 0.166. The number of rotatable bonds is 2. The van der Waals surface area contributed by atoms with E-state index in [2.05, 4.69) is 0 Å². The molecule has 0 radical (unpaired) electrons. The highest BCUT2D eigenvalue weighted by Crippen LogP contribution is 2.38. The molecule has 1 N–H and O–H groups in total. The summed E-state index contributed by atoms with van der Waals surface area (Å²) in [6.45, 7) is 2.01. The van der Waals surface area contributed by atoms with Crippen LogP contribution < -0.4 is 4.31 Å². The Kier molecular flexibility index (Phi) is 3.89. The molecule has 2 aromatic carbocycles. The van der Waals surface area contributed by atoms with Crippen LogP contribution in [0, 0.1) is 6.92 Å². The highest BCUT2D eigenvalue weighted by molar-refractivity contribution is 7.92. The standard InChI is InChI=1S/C16H16ClNO3S/c1-11-4-2-3-5-16(11)22(20,21)18-9-8-15(19)13-10-12(17)6-7-14(13)18/h2-7,10,15,19H,8-9H2,1H3. The van der Waals surface area contributed by atoms with Crippen molar-refractivity contribution in [3.63, 3.8) is 0 Å². The molecule has 0 amide bonds. The molecule has 2 aromatic rings. The number of fused-ring (bicyclic) bond motifs is 1. The average Bonchev–Trinajstić information content (AvgIpc) is 2.48. The summed E-state index contributed by atoms with van der Waals surface area (Å²) in [5.41, 5.74) is 1.74. The summed E-state index contributed by atoms with van der Waals surface area (Å²) < 4.78 is 27.3. The molecule has 3 rings (SSSR count). The fraction of sp³-hybridized carbons (Fsp3) is 0.250. The summed E-state index contributed by atoms with van der Waals surface area (Å²) in [6.07, 6.45) is -0.352. The number of sulfonamides is 1. The Balaban J connectivity index is 2.14. The quantitative estimate of drug-likeness (QED) is 0.915. The summed E-state index contributed by atoms with van der Waals surface area (Å²) in [6, 6.07) is 11.8. The number of nitrogens with zero attached hydrogens (tertiary/aromatic N) is 1. The molecule has 116 valence electrons. The maximum atomic E-state index is 13.0. The Morgan fingerprint density at radius 2 is 1.95 bits per heavy atom.